The largest absolute Gasteiger partial charge is 0.475 e. The first-order valence-corrected chi connectivity index (χ1v) is 4.39. The predicted octanol–water partition coefficient (Wildman–Crippen LogP) is 2.29. The van der Waals surface area contributed by atoms with Gasteiger partial charge in [0.1, 0.15) is 0 Å². The van der Waals surface area contributed by atoms with E-state index in [1.165, 1.54) is 0 Å². The molecule has 0 bridgehead atoms. The lowest BCUT2D eigenvalue weighted by atomic mass is 10.3. The molecule has 0 aliphatic heterocycles. The number of hydrogen-bond donors (Lipinski definition) is 1. The maximum absolute atomic E-state index is 13.0. The lowest BCUT2D eigenvalue weighted by molar-refractivity contribution is 0.291. The predicted molar refractivity (Wildman–Crippen MR) is 53.5 cm³/mol. The molecule has 1 aromatic heterocycles. The van der Waals surface area contributed by atoms with E-state index in [1.54, 1.807) is 0 Å². The van der Waals surface area contributed by atoms with Gasteiger partial charge >= 0.3 is 0 Å². The monoisotopic (exact) mass is 214 g/mol. The second-order valence-electron chi connectivity index (χ2n) is 3.20. The van der Waals surface area contributed by atoms with Crippen LogP contribution in [0.5, 0.6) is 5.88 Å². The number of rotatable bonds is 4. The van der Waals surface area contributed by atoms with Crippen molar-refractivity contribution in [3.8, 4) is 5.88 Å². The highest BCUT2D eigenvalue weighted by atomic mass is 19.1. The van der Waals surface area contributed by atoms with Crippen LogP contribution in [-0.2, 0) is 0 Å². The van der Waals surface area contributed by atoms with E-state index in [1.807, 2.05) is 6.92 Å². The van der Waals surface area contributed by atoms with E-state index >= 15 is 0 Å². The molecule has 0 amide bonds. The molecule has 3 nitrogen and oxygen atoms in total. The Morgan fingerprint density at radius 1 is 1.53 bits per heavy atom. The summed E-state index contributed by atoms with van der Waals surface area (Å²) in [6.07, 6.45) is 0.582. The molecule has 5 heteroatoms. The van der Waals surface area contributed by atoms with E-state index in [-0.39, 0.29) is 18.3 Å². The van der Waals surface area contributed by atoms with Gasteiger partial charge in [0.15, 0.2) is 17.5 Å². The highest BCUT2D eigenvalue weighted by Crippen LogP contribution is 2.18. The molecule has 1 aromatic rings. The number of anilines is 1. The van der Waals surface area contributed by atoms with Gasteiger partial charge in [0.05, 0.1) is 6.61 Å². The summed E-state index contributed by atoms with van der Waals surface area (Å²) in [5.74, 6) is -2.40. The minimum atomic E-state index is -0.889. The summed E-state index contributed by atoms with van der Waals surface area (Å²) in [6.45, 7) is 5.73. The van der Waals surface area contributed by atoms with E-state index in [0.29, 0.717) is 12.5 Å². The van der Waals surface area contributed by atoms with Crippen molar-refractivity contribution in [1.29, 1.82) is 0 Å². The molecule has 1 rings (SSSR count). The molecule has 0 spiro atoms. The highest BCUT2D eigenvalue weighted by molar-refractivity contribution is 5.34. The molecule has 82 valence electrons. The van der Waals surface area contributed by atoms with E-state index in [4.69, 9.17) is 10.5 Å². The number of nitrogen functional groups attached to an aromatic ring is 1. The van der Waals surface area contributed by atoms with Crippen LogP contribution in [0.25, 0.3) is 0 Å². The van der Waals surface area contributed by atoms with Crippen LogP contribution in [0.3, 0.4) is 0 Å². The van der Waals surface area contributed by atoms with Gasteiger partial charge in [-0.1, -0.05) is 5.57 Å². The maximum Gasteiger partial charge on any atom is 0.252 e. The fourth-order valence-electron chi connectivity index (χ4n) is 0.886. The van der Waals surface area contributed by atoms with Crippen molar-refractivity contribution in [2.24, 2.45) is 0 Å². The first kappa shape index (κ1) is 11.4. The molecule has 0 radical (unpaired) electrons. The SMILES string of the molecule is C=C(C)CCOc1nc(N)c(F)cc1F. The average Bonchev–Trinajstić information content (AvgIpc) is 2.13. The Bertz CT molecular complexity index is 380. The summed E-state index contributed by atoms with van der Waals surface area (Å²) in [5, 5.41) is 0. The zero-order valence-corrected chi connectivity index (χ0v) is 8.39. The van der Waals surface area contributed by atoms with Crippen molar-refractivity contribution in [2.75, 3.05) is 12.3 Å². The van der Waals surface area contributed by atoms with E-state index < -0.39 is 11.6 Å². The molecule has 1 heterocycles. The van der Waals surface area contributed by atoms with Gasteiger partial charge in [0, 0.05) is 12.5 Å². The van der Waals surface area contributed by atoms with Crippen molar-refractivity contribution in [3.63, 3.8) is 0 Å². The van der Waals surface area contributed by atoms with Crippen LogP contribution in [0, 0.1) is 11.6 Å². The summed E-state index contributed by atoms with van der Waals surface area (Å²) < 4.78 is 30.8. The topological polar surface area (TPSA) is 48.1 Å². The maximum atomic E-state index is 13.0. The molecule has 0 unspecified atom stereocenters. The van der Waals surface area contributed by atoms with Crippen LogP contribution in [0.4, 0.5) is 14.6 Å². The standard InChI is InChI=1S/C10H12F2N2O/c1-6(2)3-4-15-10-8(12)5-7(11)9(13)14-10/h5H,1,3-4H2,2H3,(H2,13,14). The van der Waals surface area contributed by atoms with Crippen LogP contribution in [0.15, 0.2) is 18.2 Å². The van der Waals surface area contributed by atoms with Crippen LogP contribution in [0.2, 0.25) is 0 Å². The molecule has 0 saturated heterocycles. The quantitative estimate of drug-likeness (QED) is 0.782. The summed E-state index contributed by atoms with van der Waals surface area (Å²) >= 11 is 0. The molecule has 15 heavy (non-hydrogen) atoms. The molecule has 0 saturated carbocycles. The van der Waals surface area contributed by atoms with Crippen molar-refractivity contribution in [2.45, 2.75) is 13.3 Å². The second-order valence-corrected chi connectivity index (χ2v) is 3.20. The third kappa shape index (κ3) is 3.19. The Kier molecular flexibility index (Phi) is 3.60. The van der Waals surface area contributed by atoms with Gasteiger partial charge in [-0.25, -0.2) is 8.78 Å². The lowest BCUT2D eigenvalue weighted by Gasteiger charge is -2.06. The number of halogens is 2. The number of pyridine rings is 1. The lowest BCUT2D eigenvalue weighted by Crippen LogP contribution is -2.05. The van der Waals surface area contributed by atoms with Gasteiger partial charge < -0.3 is 10.5 Å². The number of ether oxygens (including phenoxy) is 1. The summed E-state index contributed by atoms with van der Waals surface area (Å²) in [6, 6.07) is 0.651. The van der Waals surface area contributed by atoms with Crippen LogP contribution in [0.1, 0.15) is 13.3 Å². The summed E-state index contributed by atoms with van der Waals surface area (Å²) in [4.78, 5) is 3.44. The molecule has 0 aliphatic rings. The van der Waals surface area contributed by atoms with E-state index in [2.05, 4.69) is 11.6 Å². The van der Waals surface area contributed by atoms with Gasteiger partial charge in [0.2, 0.25) is 0 Å². The molecule has 0 aromatic carbocycles. The van der Waals surface area contributed by atoms with E-state index in [9.17, 15) is 8.78 Å². The second kappa shape index (κ2) is 4.72. The minimum Gasteiger partial charge on any atom is -0.475 e. The first-order chi connectivity index (χ1) is 7.00. The van der Waals surface area contributed by atoms with Crippen molar-refractivity contribution in [1.82, 2.24) is 4.98 Å². The molecular weight excluding hydrogens is 202 g/mol. The van der Waals surface area contributed by atoms with Gasteiger partial charge in [-0.3, -0.25) is 0 Å². The minimum absolute atomic E-state index is 0.240. The van der Waals surface area contributed by atoms with Crippen LogP contribution >= 0.6 is 0 Å². The van der Waals surface area contributed by atoms with Gasteiger partial charge in [-0.05, 0) is 6.92 Å². The van der Waals surface area contributed by atoms with Gasteiger partial charge in [0.25, 0.3) is 5.88 Å². The Morgan fingerprint density at radius 3 is 2.80 bits per heavy atom. The number of nitrogens with zero attached hydrogens (tertiary/aromatic N) is 1. The average molecular weight is 214 g/mol. The van der Waals surface area contributed by atoms with E-state index in [0.717, 1.165) is 5.57 Å². The van der Waals surface area contributed by atoms with Gasteiger partial charge in [-0.15, -0.1) is 6.58 Å². The molecule has 0 fully saturated rings. The molecule has 2 N–H and O–H groups in total. The fraction of sp³-hybridized carbons (Fsp3) is 0.300. The number of hydrogen-bond acceptors (Lipinski definition) is 3. The highest BCUT2D eigenvalue weighted by Gasteiger charge is 2.10. The summed E-state index contributed by atoms with van der Waals surface area (Å²) in [7, 11) is 0. The Morgan fingerprint density at radius 2 is 2.20 bits per heavy atom. The first-order valence-electron chi connectivity index (χ1n) is 4.39. The number of aromatic nitrogens is 1. The number of nitrogens with two attached hydrogens (primary N) is 1. The normalized spacial score (nSPS) is 10.1. The molecule has 0 atom stereocenters. The van der Waals surface area contributed by atoms with Gasteiger partial charge in [-0.2, -0.15) is 4.98 Å². The Hall–Kier alpha value is -1.65. The van der Waals surface area contributed by atoms with Crippen molar-refractivity contribution >= 4 is 5.82 Å². The van der Waals surface area contributed by atoms with Crippen molar-refractivity contribution in [3.05, 3.63) is 29.9 Å². The zero-order valence-electron chi connectivity index (χ0n) is 8.39. The van der Waals surface area contributed by atoms with Crippen LogP contribution in [-0.4, -0.2) is 11.6 Å². The third-order valence-corrected chi connectivity index (χ3v) is 1.69. The molecule has 0 aliphatic carbocycles. The zero-order chi connectivity index (χ0) is 11.4. The third-order valence-electron chi connectivity index (χ3n) is 1.69. The smallest absolute Gasteiger partial charge is 0.252 e. The Labute approximate surface area is 86.6 Å². The Balaban J connectivity index is 2.69. The van der Waals surface area contributed by atoms with Crippen LogP contribution < -0.4 is 10.5 Å². The molecular formula is C10H12F2N2O. The fourth-order valence-corrected chi connectivity index (χ4v) is 0.886. The van der Waals surface area contributed by atoms with Crippen molar-refractivity contribution < 1.29 is 13.5 Å². The summed E-state index contributed by atoms with van der Waals surface area (Å²) in [5.41, 5.74) is 6.08.